The van der Waals surface area contributed by atoms with E-state index in [4.69, 9.17) is 11.6 Å². The molecule has 3 heterocycles. The fraction of sp³-hybridized carbons (Fsp3) is 0.389. The highest BCUT2D eigenvalue weighted by atomic mass is 35.5. The van der Waals surface area contributed by atoms with Gasteiger partial charge >= 0.3 is 0 Å². The number of aromatic nitrogens is 1. The number of likely N-dealkylation sites (N-methyl/N-ethyl adjacent to an activating group) is 1. The lowest BCUT2D eigenvalue weighted by Crippen LogP contribution is -2.41. The molecule has 2 unspecified atom stereocenters. The van der Waals surface area contributed by atoms with Crippen LogP contribution in [-0.2, 0) is 0 Å². The molecule has 2 aliphatic rings. The van der Waals surface area contributed by atoms with E-state index in [1.807, 2.05) is 6.20 Å². The van der Waals surface area contributed by atoms with Gasteiger partial charge in [-0.2, -0.15) is 0 Å². The molecular formula is C18H19ClFN3. The van der Waals surface area contributed by atoms with Crippen molar-refractivity contribution < 1.29 is 4.39 Å². The predicted octanol–water partition coefficient (Wildman–Crippen LogP) is 3.68. The SMILES string of the molecule is CN1CC2CC1CN(c1cncc(-c3cc(F)ccc3Cl)c1)C2. The molecule has 2 aromatic rings. The first-order valence-electron chi connectivity index (χ1n) is 7.96. The molecule has 2 bridgehead atoms. The van der Waals surface area contributed by atoms with Crippen molar-refractivity contribution in [3.8, 4) is 11.1 Å². The Morgan fingerprint density at radius 2 is 2.04 bits per heavy atom. The third-order valence-electron chi connectivity index (χ3n) is 5.01. The average molecular weight is 332 g/mol. The Morgan fingerprint density at radius 3 is 2.87 bits per heavy atom. The lowest BCUT2D eigenvalue weighted by atomic mass is 9.99. The van der Waals surface area contributed by atoms with Gasteiger partial charge in [-0.3, -0.25) is 4.98 Å². The van der Waals surface area contributed by atoms with Crippen molar-refractivity contribution in [3.63, 3.8) is 0 Å². The molecule has 0 N–H and O–H groups in total. The molecule has 0 saturated carbocycles. The number of nitrogens with zero attached hydrogens (tertiary/aromatic N) is 3. The second-order valence-electron chi connectivity index (χ2n) is 6.66. The number of fused-ring (bicyclic) bond motifs is 2. The van der Waals surface area contributed by atoms with Crippen LogP contribution in [0.15, 0.2) is 36.7 Å². The van der Waals surface area contributed by atoms with Gasteiger partial charge in [-0.05, 0) is 43.7 Å². The summed E-state index contributed by atoms with van der Waals surface area (Å²) < 4.78 is 13.5. The summed E-state index contributed by atoms with van der Waals surface area (Å²) in [4.78, 5) is 9.20. The summed E-state index contributed by atoms with van der Waals surface area (Å²) in [7, 11) is 2.20. The first-order valence-corrected chi connectivity index (χ1v) is 8.33. The van der Waals surface area contributed by atoms with E-state index in [1.165, 1.54) is 25.1 Å². The van der Waals surface area contributed by atoms with Crippen LogP contribution < -0.4 is 4.90 Å². The van der Waals surface area contributed by atoms with Gasteiger partial charge in [0.25, 0.3) is 0 Å². The highest BCUT2D eigenvalue weighted by molar-refractivity contribution is 6.33. The summed E-state index contributed by atoms with van der Waals surface area (Å²) in [5.74, 6) is 0.438. The van der Waals surface area contributed by atoms with Crippen LogP contribution >= 0.6 is 11.6 Å². The third kappa shape index (κ3) is 2.81. The zero-order chi connectivity index (χ0) is 16.0. The van der Waals surface area contributed by atoms with Crippen LogP contribution in [0.5, 0.6) is 0 Å². The number of hydrogen-bond donors (Lipinski definition) is 0. The molecule has 0 amide bonds. The number of halogens is 2. The van der Waals surface area contributed by atoms with E-state index in [0.717, 1.165) is 30.3 Å². The van der Waals surface area contributed by atoms with E-state index in [-0.39, 0.29) is 5.82 Å². The molecule has 1 aromatic carbocycles. The Labute approximate surface area is 140 Å². The van der Waals surface area contributed by atoms with Crippen molar-refractivity contribution in [1.82, 2.24) is 9.88 Å². The van der Waals surface area contributed by atoms with Crippen LogP contribution in [-0.4, -0.2) is 42.6 Å². The van der Waals surface area contributed by atoms with E-state index >= 15 is 0 Å². The minimum Gasteiger partial charge on any atom is -0.368 e. The van der Waals surface area contributed by atoms with Crippen molar-refractivity contribution in [2.45, 2.75) is 12.5 Å². The van der Waals surface area contributed by atoms with E-state index < -0.39 is 0 Å². The summed E-state index contributed by atoms with van der Waals surface area (Å²) in [6.45, 7) is 3.25. The third-order valence-corrected chi connectivity index (χ3v) is 5.34. The molecule has 2 aliphatic heterocycles. The van der Waals surface area contributed by atoms with Gasteiger partial charge in [-0.25, -0.2) is 4.39 Å². The van der Waals surface area contributed by atoms with Gasteiger partial charge in [0.2, 0.25) is 0 Å². The zero-order valence-electron chi connectivity index (χ0n) is 13.0. The topological polar surface area (TPSA) is 19.4 Å². The summed E-state index contributed by atoms with van der Waals surface area (Å²) >= 11 is 6.23. The molecule has 0 radical (unpaired) electrons. The molecule has 2 saturated heterocycles. The maximum atomic E-state index is 13.5. The second kappa shape index (κ2) is 5.77. The number of benzene rings is 1. The molecule has 4 rings (SSSR count). The first kappa shape index (κ1) is 14.9. The van der Waals surface area contributed by atoms with Crippen LogP contribution in [0.1, 0.15) is 6.42 Å². The average Bonchev–Trinajstić information content (AvgIpc) is 2.82. The van der Waals surface area contributed by atoms with Crippen LogP contribution in [0, 0.1) is 11.7 Å². The lowest BCUT2D eigenvalue weighted by molar-refractivity contribution is 0.317. The molecule has 0 spiro atoms. The van der Waals surface area contributed by atoms with Gasteiger partial charge in [0.05, 0.1) is 11.9 Å². The Balaban J connectivity index is 1.66. The summed E-state index contributed by atoms with van der Waals surface area (Å²) in [6.07, 6.45) is 4.92. The molecule has 2 fully saturated rings. The van der Waals surface area contributed by atoms with Crippen molar-refractivity contribution in [2.75, 3.05) is 31.6 Å². The highest BCUT2D eigenvalue weighted by Crippen LogP contribution is 2.34. The van der Waals surface area contributed by atoms with Crippen LogP contribution in [0.3, 0.4) is 0 Å². The Bertz CT molecular complexity index is 734. The number of pyridine rings is 1. The highest BCUT2D eigenvalue weighted by Gasteiger charge is 2.36. The first-order chi connectivity index (χ1) is 11.1. The van der Waals surface area contributed by atoms with Crippen molar-refractivity contribution in [2.24, 2.45) is 5.92 Å². The van der Waals surface area contributed by atoms with E-state index in [0.29, 0.717) is 16.6 Å². The monoisotopic (exact) mass is 331 g/mol. The zero-order valence-corrected chi connectivity index (χ0v) is 13.8. The molecule has 1 aromatic heterocycles. The largest absolute Gasteiger partial charge is 0.368 e. The number of piperidine rings is 1. The van der Waals surface area contributed by atoms with Gasteiger partial charge in [-0.15, -0.1) is 0 Å². The Morgan fingerprint density at radius 1 is 1.17 bits per heavy atom. The van der Waals surface area contributed by atoms with Crippen LogP contribution in [0.25, 0.3) is 11.1 Å². The minimum atomic E-state index is -0.285. The quantitative estimate of drug-likeness (QED) is 0.836. The van der Waals surface area contributed by atoms with Crippen molar-refractivity contribution >= 4 is 17.3 Å². The van der Waals surface area contributed by atoms with E-state index in [1.54, 1.807) is 12.3 Å². The summed E-state index contributed by atoms with van der Waals surface area (Å²) in [6, 6.07) is 7.13. The predicted molar refractivity (Wildman–Crippen MR) is 91.4 cm³/mol. The van der Waals surface area contributed by atoms with Crippen molar-refractivity contribution in [1.29, 1.82) is 0 Å². The van der Waals surface area contributed by atoms with Gasteiger partial charge < -0.3 is 9.80 Å². The van der Waals surface area contributed by atoms with E-state index in [9.17, 15) is 4.39 Å². The molecule has 2 atom stereocenters. The fourth-order valence-corrected chi connectivity index (χ4v) is 4.09. The molecule has 5 heteroatoms. The maximum Gasteiger partial charge on any atom is 0.123 e. The number of likely N-dealkylation sites (tertiary alicyclic amines) is 1. The van der Waals surface area contributed by atoms with Crippen LogP contribution in [0.2, 0.25) is 5.02 Å². The van der Waals surface area contributed by atoms with Gasteiger partial charge in [0.15, 0.2) is 0 Å². The fourth-order valence-electron chi connectivity index (χ4n) is 3.86. The molecule has 0 aliphatic carbocycles. The minimum absolute atomic E-state index is 0.285. The van der Waals surface area contributed by atoms with Gasteiger partial charge in [0, 0.05) is 48.0 Å². The molecule has 120 valence electrons. The van der Waals surface area contributed by atoms with Gasteiger partial charge in [-0.1, -0.05) is 11.6 Å². The molecule has 3 nitrogen and oxygen atoms in total. The molecular weight excluding hydrogens is 313 g/mol. The van der Waals surface area contributed by atoms with Crippen molar-refractivity contribution in [3.05, 3.63) is 47.5 Å². The van der Waals surface area contributed by atoms with Gasteiger partial charge in [0.1, 0.15) is 5.82 Å². The standard InChI is InChI=1S/C18H19ClFN3/c1-22-9-12-4-16(22)11-23(10-12)15-5-13(7-21-8-15)17-6-14(20)2-3-18(17)19/h2-3,5-8,12,16H,4,9-11H2,1H3. The summed E-state index contributed by atoms with van der Waals surface area (Å²) in [5, 5.41) is 0.545. The molecule has 23 heavy (non-hydrogen) atoms. The van der Waals surface area contributed by atoms with E-state index in [2.05, 4.69) is 27.9 Å². The Hall–Kier alpha value is -1.65. The van der Waals surface area contributed by atoms with Crippen LogP contribution in [0.4, 0.5) is 10.1 Å². The number of anilines is 1. The smallest absolute Gasteiger partial charge is 0.123 e. The lowest BCUT2D eigenvalue weighted by Gasteiger charge is -2.33. The number of hydrogen-bond acceptors (Lipinski definition) is 3. The normalized spacial score (nSPS) is 24.2. The second-order valence-corrected chi connectivity index (χ2v) is 7.06. The Kier molecular flexibility index (Phi) is 3.74. The maximum absolute atomic E-state index is 13.5. The number of rotatable bonds is 2. The summed E-state index contributed by atoms with van der Waals surface area (Å²) in [5.41, 5.74) is 2.64.